The molecule has 0 spiro atoms. The Hall–Kier alpha value is -1.02. The van der Waals surface area contributed by atoms with Gasteiger partial charge in [-0.15, -0.1) is 0 Å². The zero-order chi connectivity index (χ0) is 13.5. The van der Waals surface area contributed by atoms with Crippen LogP contribution in [0.3, 0.4) is 0 Å². The Labute approximate surface area is 112 Å². The van der Waals surface area contributed by atoms with E-state index in [2.05, 4.69) is 64.2 Å². The van der Waals surface area contributed by atoms with E-state index in [1.54, 1.807) is 0 Å². The van der Waals surface area contributed by atoms with E-state index in [-0.39, 0.29) is 6.10 Å². The van der Waals surface area contributed by atoms with Gasteiger partial charge >= 0.3 is 0 Å². The number of benzene rings is 1. The van der Waals surface area contributed by atoms with E-state index in [0.717, 1.165) is 18.7 Å². The molecular formula is C16H27NO. The third kappa shape index (κ3) is 5.09. The monoisotopic (exact) mass is 249 g/mol. The fourth-order valence-electron chi connectivity index (χ4n) is 1.68. The third-order valence-corrected chi connectivity index (χ3v) is 3.12. The molecule has 0 saturated heterocycles. The minimum Gasteiger partial charge on any atom is -0.491 e. The Balaban J connectivity index is 2.53. The Kier molecular flexibility index (Phi) is 6.20. The van der Waals surface area contributed by atoms with Crippen molar-refractivity contribution in [3.05, 3.63) is 29.8 Å². The standard InChI is InChI=1S/C16H27NO/c1-6-13(4)18-16-9-7-15(8-10-16)14(5)17-11-12(2)3/h7-10,12-14,17H,6,11H2,1-5H3. The lowest BCUT2D eigenvalue weighted by molar-refractivity contribution is 0.217. The molecule has 18 heavy (non-hydrogen) atoms. The van der Waals surface area contributed by atoms with E-state index in [9.17, 15) is 0 Å². The highest BCUT2D eigenvalue weighted by Gasteiger charge is 2.06. The molecule has 0 aliphatic carbocycles. The van der Waals surface area contributed by atoms with Crippen molar-refractivity contribution in [1.82, 2.24) is 5.32 Å². The molecule has 0 radical (unpaired) electrons. The number of nitrogens with one attached hydrogen (secondary N) is 1. The Morgan fingerprint density at radius 1 is 1.06 bits per heavy atom. The molecule has 0 fully saturated rings. The topological polar surface area (TPSA) is 21.3 Å². The first-order chi connectivity index (χ1) is 8.52. The highest BCUT2D eigenvalue weighted by Crippen LogP contribution is 2.19. The lowest BCUT2D eigenvalue weighted by Crippen LogP contribution is -2.23. The summed E-state index contributed by atoms with van der Waals surface area (Å²) >= 11 is 0. The van der Waals surface area contributed by atoms with E-state index in [1.165, 1.54) is 5.56 Å². The largest absolute Gasteiger partial charge is 0.491 e. The highest BCUT2D eigenvalue weighted by atomic mass is 16.5. The van der Waals surface area contributed by atoms with Gasteiger partial charge in [-0.25, -0.2) is 0 Å². The molecule has 0 aliphatic rings. The molecule has 0 heterocycles. The molecule has 2 heteroatoms. The molecular weight excluding hydrogens is 222 g/mol. The first kappa shape index (κ1) is 15.0. The summed E-state index contributed by atoms with van der Waals surface area (Å²) in [4.78, 5) is 0. The van der Waals surface area contributed by atoms with Gasteiger partial charge in [0.05, 0.1) is 6.10 Å². The predicted molar refractivity (Wildman–Crippen MR) is 78.1 cm³/mol. The average Bonchev–Trinajstić information content (AvgIpc) is 2.36. The van der Waals surface area contributed by atoms with Crippen molar-refractivity contribution in [3.63, 3.8) is 0 Å². The summed E-state index contributed by atoms with van der Waals surface area (Å²) < 4.78 is 5.78. The maximum atomic E-state index is 5.78. The minimum absolute atomic E-state index is 0.285. The number of ether oxygens (including phenoxy) is 1. The molecule has 2 atom stereocenters. The van der Waals surface area contributed by atoms with Crippen molar-refractivity contribution in [2.45, 2.75) is 53.2 Å². The fraction of sp³-hybridized carbons (Fsp3) is 0.625. The number of hydrogen-bond acceptors (Lipinski definition) is 2. The lowest BCUT2D eigenvalue weighted by Gasteiger charge is -2.17. The quantitative estimate of drug-likeness (QED) is 0.783. The van der Waals surface area contributed by atoms with Crippen molar-refractivity contribution < 1.29 is 4.74 Å². The maximum Gasteiger partial charge on any atom is 0.119 e. The van der Waals surface area contributed by atoms with Crippen LogP contribution in [0.5, 0.6) is 5.75 Å². The van der Waals surface area contributed by atoms with Crippen LogP contribution in [0.25, 0.3) is 0 Å². The smallest absolute Gasteiger partial charge is 0.119 e. The summed E-state index contributed by atoms with van der Waals surface area (Å²) in [7, 11) is 0. The van der Waals surface area contributed by atoms with Gasteiger partial charge in [0, 0.05) is 6.04 Å². The summed E-state index contributed by atoms with van der Waals surface area (Å²) in [5.41, 5.74) is 1.31. The van der Waals surface area contributed by atoms with Crippen molar-refractivity contribution >= 4 is 0 Å². The summed E-state index contributed by atoms with van der Waals surface area (Å²) in [5, 5.41) is 3.53. The van der Waals surface area contributed by atoms with Crippen LogP contribution in [0.4, 0.5) is 0 Å². The average molecular weight is 249 g/mol. The minimum atomic E-state index is 0.285. The van der Waals surface area contributed by atoms with Gasteiger partial charge in [0.2, 0.25) is 0 Å². The zero-order valence-electron chi connectivity index (χ0n) is 12.4. The maximum absolute atomic E-state index is 5.78. The second-order valence-corrected chi connectivity index (χ2v) is 5.43. The van der Waals surface area contributed by atoms with Crippen LogP contribution in [0.15, 0.2) is 24.3 Å². The Morgan fingerprint density at radius 3 is 2.17 bits per heavy atom. The summed E-state index contributed by atoms with van der Waals surface area (Å²) in [5.74, 6) is 1.64. The first-order valence-electron chi connectivity index (χ1n) is 7.03. The van der Waals surface area contributed by atoms with Crippen molar-refractivity contribution in [1.29, 1.82) is 0 Å². The Bertz CT molecular complexity index is 331. The Morgan fingerprint density at radius 2 is 1.67 bits per heavy atom. The fourth-order valence-corrected chi connectivity index (χ4v) is 1.68. The second kappa shape index (κ2) is 7.42. The second-order valence-electron chi connectivity index (χ2n) is 5.43. The van der Waals surface area contributed by atoms with Crippen LogP contribution in [0.2, 0.25) is 0 Å². The van der Waals surface area contributed by atoms with Crippen LogP contribution in [0, 0.1) is 5.92 Å². The molecule has 1 N–H and O–H groups in total. The zero-order valence-corrected chi connectivity index (χ0v) is 12.4. The molecule has 0 bridgehead atoms. The molecule has 1 aromatic rings. The number of rotatable bonds is 7. The van der Waals surface area contributed by atoms with Gasteiger partial charge < -0.3 is 10.1 Å². The van der Waals surface area contributed by atoms with Crippen LogP contribution in [-0.2, 0) is 0 Å². The molecule has 102 valence electrons. The van der Waals surface area contributed by atoms with Crippen LogP contribution >= 0.6 is 0 Å². The van der Waals surface area contributed by atoms with Gasteiger partial charge in [-0.1, -0.05) is 32.9 Å². The van der Waals surface area contributed by atoms with Crippen LogP contribution in [-0.4, -0.2) is 12.6 Å². The van der Waals surface area contributed by atoms with Gasteiger partial charge in [-0.2, -0.15) is 0 Å². The normalized spacial score (nSPS) is 14.6. The molecule has 1 rings (SSSR count). The lowest BCUT2D eigenvalue weighted by atomic mass is 10.1. The van der Waals surface area contributed by atoms with Gasteiger partial charge in [0.15, 0.2) is 0 Å². The number of hydrogen-bond donors (Lipinski definition) is 1. The van der Waals surface area contributed by atoms with E-state index < -0.39 is 0 Å². The molecule has 0 aromatic heterocycles. The van der Waals surface area contributed by atoms with Gasteiger partial charge in [-0.05, 0) is 50.4 Å². The van der Waals surface area contributed by atoms with E-state index in [4.69, 9.17) is 4.74 Å². The SMILES string of the molecule is CCC(C)Oc1ccc(C(C)NCC(C)C)cc1. The van der Waals surface area contributed by atoms with Gasteiger partial charge in [-0.3, -0.25) is 0 Å². The summed E-state index contributed by atoms with van der Waals surface area (Å²) in [6, 6.07) is 8.82. The van der Waals surface area contributed by atoms with Crippen molar-refractivity contribution in [2.24, 2.45) is 5.92 Å². The van der Waals surface area contributed by atoms with E-state index >= 15 is 0 Å². The molecule has 2 nitrogen and oxygen atoms in total. The highest BCUT2D eigenvalue weighted by molar-refractivity contribution is 5.29. The molecule has 1 aromatic carbocycles. The van der Waals surface area contributed by atoms with Gasteiger partial charge in [0.1, 0.15) is 5.75 Å². The van der Waals surface area contributed by atoms with E-state index in [1.807, 2.05) is 0 Å². The molecule has 0 aliphatic heterocycles. The van der Waals surface area contributed by atoms with Crippen molar-refractivity contribution in [3.8, 4) is 5.75 Å². The van der Waals surface area contributed by atoms with Crippen LogP contribution < -0.4 is 10.1 Å². The van der Waals surface area contributed by atoms with Gasteiger partial charge in [0.25, 0.3) is 0 Å². The summed E-state index contributed by atoms with van der Waals surface area (Å²) in [6.07, 6.45) is 1.32. The molecule has 2 unspecified atom stereocenters. The molecule has 0 amide bonds. The molecule has 0 saturated carbocycles. The summed E-state index contributed by atoms with van der Waals surface area (Å²) in [6.45, 7) is 11.9. The van der Waals surface area contributed by atoms with Crippen LogP contribution in [0.1, 0.15) is 52.6 Å². The third-order valence-electron chi connectivity index (χ3n) is 3.12. The first-order valence-corrected chi connectivity index (χ1v) is 7.03. The predicted octanol–water partition coefficient (Wildman–Crippen LogP) is 4.17. The van der Waals surface area contributed by atoms with E-state index in [0.29, 0.717) is 12.0 Å². The van der Waals surface area contributed by atoms with Crippen molar-refractivity contribution in [2.75, 3.05) is 6.54 Å².